The summed E-state index contributed by atoms with van der Waals surface area (Å²) in [6.07, 6.45) is 2.41. The third-order valence-corrected chi connectivity index (χ3v) is 2.67. The molecule has 0 saturated carbocycles. The molecule has 0 aliphatic carbocycles. The topological polar surface area (TPSA) is 75.4 Å². The molecule has 1 unspecified atom stereocenters. The minimum absolute atomic E-state index is 0.0625. The molecule has 6 heteroatoms. The van der Waals surface area contributed by atoms with E-state index in [4.69, 9.17) is 4.42 Å². The Morgan fingerprint density at radius 3 is 3.00 bits per heavy atom. The molecule has 1 aliphatic rings. The Morgan fingerprint density at radius 2 is 2.35 bits per heavy atom. The van der Waals surface area contributed by atoms with E-state index in [9.17, 15) is 9.59 Å². The molecule has 1 fully saturated rings. The second-order valence-corrected chi connectivity index (χ2v) is 4.06. The minimum Gasteiger partial charge on any atom is -0.444 e. The van der Waals surface area contributed by atoms with Crippen LogP contribution in [0.15, 0.2) is 10.6 Å². The molecule has 2 heterocycles. The number of nitrogens with zero attached hydrogens (tertiary/aromatic N) is 2. The quantitative estimate of drug-likeness (QED) is 0.808. The summed E-state index contributed by atoms with van der Waals surface area (Å²) >= 11 is 0. The van der Waals surface area contributed by atoms with E-state index in [-0.39, 0.29) is 24.9 Å². The van der Waals surface area contributed by atoms with Crippen molar-refractivity contribution < 1.29 is 14.0 Å². The summed E-state index contributed by atoms with van der Waals surface area (Å²) in [6.45, 7) is 3.94. The zero-order valence-corrected chi connectivity index (χ0v) is 9.90. The fourth-order valence-electron chi connectivity index (χ4n) is 1.76. The van der Waals surface area contributed by atoms with Crippen LogP contribution >= 0.6 is 0 Å². The van der Waals surface area contributed by atoms with Crippen LogP contribution in [0.5, 0.6) is 0 Å². The number of oxazole rings is 1. The highest BCUT2D eigenvalue weighted by molar-refractivity contribution is 5.94. The highest BCUT2D eigenvalue weighted by Crippen LogP contribution is 2.10. The van der Waals surface area contributed by atoms with Gasteiger partial charge in [0, 0.05) is 6.42 Å². The van der Waals surface area contributed by atoms with Crippen molar-refractivity contribution in [3.8, 4) is 0 Å². The van der Waals surface area contributed by atoms with Crippen molar-refractivity contribution in [3.05, 3.63) is 17.8 Å². The first-order valence-electron chi connectivity index (χ1n) is 5.62. The third-order valence-electron chi connectivity index (χ3n) is 2.67. The second-order valence-electron chi connectivity index (χ2n) is 4.06. The first kappa shape index (κ1) is 11.6. The molecular weight excluding hydrogens is 222 g/mol. The number of nitrogens with one attached hydrogen (secondary N) is 1. The maximum atomic E-state index is 11.8. The van der Waals surface area contributed by atoms with E-state index in [1.54, 1.807) is 13.1 Å². The van der Waals surface area contributed by atoms with Gasteiger partial charge in [-0.05, 0) is 6.92 Å². The summed E-state index contributed by atoms with van der Waals surface area (Å²) in [5, 5.41) is 2.58. The lowest BCUT2D eigenvalue weighted by molar-refractivity contribution is -0.144. The van der Waals surface area contributed by atoms with Gasteiger partial charge in [0.25, 0.3) is 0 Å². The van der Waals surface area contributed by atoms with Crippen LogP contribution in [-0.4, -0.2) is 34.3 Å². The monoisotopic (exact) mass is 237 g/mol. The molecule has 0 aromatic carbocycles. The number of aromatic nitrogens is 1. The van der Waals surface area contributed by atoms with Gasteiger partial charge in [0.05, 0.1) is 12.7 Å². The smallest absolute Gasteiger partial charge is 0.245 e. The number of hydrogen-bond acceptors (Lipinski definition) is 4. The van der Waals surface area contributed by atoms with Gasteiger partial charge in [0.1, 0.15) is 18.3 Å². The van der Waals surface area contributed by atoms with Crippen LogP contribution in [-0.2, 0) is 22.6 Å². The van der Waals surface area contributed by atoms with Gasteiger partial charge in [-0.3, -0.25) is 9.59 Å². The van der Waals surface area contributed by atoms with E-state index >= 15 is 0 Å². The molecule has 0 bridgehead atoms. The predicted molar refractivity (Wildman–Crippen MR) is 58.9 cm³/mol. The summed E-state index contributed by atoms with van der Waals surface area (Å²) in [6, 6.07) is -0.475. The van der Waals surface area contributed by atoms with Gasteiger partial charge >= 0.3 is 0 Å². The van der Waals surface area contributed by atoms with E-state index in [1.165, 1.54) is 4.90 Å². The number of carbonyl (C=O) groups excluding carboxylic acids is 2. The fourth-order valence-corrected chi connectivity index (χ4v) is 1.76. The Balaban J connectivity index is 2.06. The lowest BCUT2D eigenvalue weighted by Crippen LogP contribution is -2.56. The summed E-state index contributed by atoms with van der Waals surface area (Å²) in [7, 11) is 0. The third kappa shape index (κ3) is 2.46. The van der Waals surface area contributed by atoms with Crippen molar-refractivity contribution in [1.29, 1.82) is 0 Å². The van der Waals surface area contributed by atoms with Crippen molar-refractivity contribution in [2.45, 2.75) is 32.9 Å². The molecule has 1 aromatic rings. The molecule has 0 spiro atoms. The van der Waals surface area contributed by atoms with Gasteiger partial charge < -0.3 is 14.6 Å². The van der Waals surface area contributed by atoms with Crippen LogP contribution in [0.4, 0.5) is 0 Å². The zero-order chi connectivity index (χ0) is 12.4. The molecule has 1 saturated heterocycles. The Morgan fingerprint density at radius 1 is 1.59 bits per heavy atom. The summed E-state index contributed by atoms with van der Waals surface area (Å²) in [5.41, 5.74) is 0. The van der Waals surface area contributed by atoms with Gasteiger partial charge in [-0.25, -0.2) is 4.98 Å². The van der Waals surface area contributed by atoms with Crippen LogP contribution in [0.3, 0.4) is 0 Å². The molecule has 2 amide bonds. The Kier molecular flexibility index (Phi) is 3.12. The fraction of sp³-hybridized carbons (Fsp3) is 0.545. The molecule has 1 atom stereocenters. The Bertz CT molecular complexity index is 441. The molecule has 6 nitrogen and oxygen atoms in total. The van der Waals surface area contributed by atoms with E-state index in [0.29, 0.717) is 5.89 Å². The maximum absolute atomic E-state index is 11.8. The molecule has 1 N–H and O–H groups in total. The largest absolute Gasteiger partial charge is 0.444 e. The van der Waals surface area contributed by atoms with Crippen molar-refractivity contribution in [2.24, 2.45) is 0 Å². The van der Waals surface area contributed by atoms with Crippen LogP contribution < -0.4 is 5.32 Å². The highest BCUT2D eigenvalue weighted by Gasteiger charge is 2.30. The first-order chi connectivity index (χ1) is 8.10. The van der Waals surface area contributed by atoms with E-state index in [2.05, 4.69) is 10.3 Å². The van der Waals surface area contributed by atoms with Crippen LogP contribution in [0.1, 0.15) is 25.5 Å². The summed E-state index contributed by atoms with van der Waals surface area (Å²) in [4.78, 5) is 28.6. The average Bonchev–Trinajstić information content (AvgIpc) is 2.73. The Labute approximate surface area is 99.0 Å². The SMILES string of the molecule is CCc1cnc(CN2CC(=O)NC(C)C2=O)o1. The number of piperazine rings is 1. The molecule has 0 radical (unpaired) electrons. The number of aryl methyl sites for hydroxylation is 1. The van der Waals surface area contributed by atoms with Crippen molar-refractivity contribution >= 4 is 11.8 Å². The van der Waals surface area contributed by atoms with Gasteiger partial charge in [-0.15, -0.1) is 0 Å². The number of rotatable bonds is 3. The number of carbonyl (C=O) groups is 2. The predicted octanol–water partition coefficient (Wildman–Crippen LogP) is 0.0839. The first-order valence-corrected chi connectivity index (χ1v) is 5.62. The van der Waals surface area contributed by atoms with Crippen LogP contribution in [0.2, 0.25) is 0 Å². The number of amides is 2. The van der Waals surface area contributed by atoms with E-state index in [0.717, 1.165) is 12.2 Å². The average molecular weight is 237 g/mol. The number of hydrogen-bond donors (Lipinski definition) is 1. The maximum Gasteiger partial charge on any atom is 0.245 e. The second kappa shape index (κ2) is 4.57. The molecule has 17 heavy (non-hydrogen) atoms. The molecule has 1 aromatic heterocycles. The molecular formula is C11H15N3O3. The normalized spacial score (nSPS) is 20.6. The van der Waals surface area contributed by atoms with Crippen molar-refractivity contribution in [2.75, 3.05) is 6.54 Å². The van der Waals surface area contributed by atoms with Crippen LogP contribution in [0.25, 0.3) is 0 Å². The molecule has 92 valence electrons. The van der Waals surface area contributed by atoms with Crippen molar-refractivity contribution in [1.82, 2.24) is 15.2 Å². The minimum atomic E-state index is -0.475. The molecule has 1 aliphatic heterocycles. The highest BCUT2D eigenvalue weighted by atomic mass is 16.4. The zero-order valence-electron chi connectivity index (χ0n) is 9.90. The summed E-state index contributed by atoms with van der Waals surface area (Å²) in [5.74, 6) is 0.985. The van der Waals surface area contributed by atoms with Gasteiger partial charge in [0.15, 0.2) is 0 Å². The van der Waals surface area contributed by atoms with Gasteiger partial charge in [0.2, 0.25) is 17.7 Å². The van der Waals surface area contributed by atoms with Crippen LogP contribution in [0, 0.1) is 0 Å². The standard InChI is InChI=1S/C11H15N3O3/c1-3-8-4-12-10(17-8)6-14-5-9(15)13-7(2)11(14)16/h4,7H,3,5-6H2,1-2H3,(H,13,15). The van der Waals surface area contributed by atoms with Gasteiger partial charge in [-0.1, -0.05) is 6.92 Å². The Hall–Kier alpha value is -1.85. The van der Waals surface area contributed by atoms with Crippen molar-refractivity contribution in [3.63, 3.8) is 0 Å². The molecule has 2 rings (SSSR count). The summed E-state index contributed by atoms with van der Waals surface area (Å²) < 4.78 is 5.42. The van der Waals surface area contributed by atoms with Gasteiger partial charge in [-0.2, -0.15) is 0 Å². The lowest BCUT2D eigenvalue weighted by Gasteiger charge is -2.29. The van der Waals surface area contributed by atoms with E-state index in [1.807, 2.05) is 6.92 Å². The van der Waals surface area contributed by atoms with E-state index < -0.39 is 6.04 Å². The lowest BCUT2D eigenvalue weighted by atomic mass is 10.2.